The van der Waals surface area contributed by atoms with Crippen LogP contribution in [0.15, 0.2) is 42.5 Å². The van der Waals surface area contributed by atoms with Crippen LogP contribution in [0.3, 0.4) is 0 Å². The molecule has 2 heterocycles. The highest BCUT2D eigenvalue weighted by Crippen LogP contribution is 2.36. The lowest BCUT2D eigenvalue weighted by Crippen LogP contribution is -2.44. The molecule has 0 aromatic heterocycles. The van der Waals surface area contributed by atoms with Gasteiger partial charge in [-0.25, -0.2) is 4.79 Å². The van der Waals surface area contributed by atoms with Crippen molar-refractivity contribution in [3.8, 4) is 11.5 Å². The van der Waals surface area contributed by atoms with Crippen molar-refractivity contribution in [2.45, 2.75) is 32.5 Å². The van der Waals surface area contributed by atoms with Crippen molar-refractivity contribution in [3.05, 3.63) is 58.6 Å². The van der Waals surface area contributed by atoms with Crippen LogP contribution in [0.1, 0.15) is 25.0 Å². The monoisotopic (exact) mass is 413 g/mol. The number of para-hydroxylation sites is 1. The van der Waals surface area contributed by atoms with E-state index in [1.807, 2.05) is 24.3 Å². The van der Waals surface area contributed by atoms with E-state index in [9.17, 15) is 14.4 Å². The van der Waals surface area contributed by atoms with E-state index in [-0.39, 0.29) is 25.5 Å². The fourth-order valence-electron chi connectivity index (χ4n) is 3.47. The zero-order valence-electron chi connectivity index (χ0n) is 16.1. The zero-order valence-corrected chi connectivity index (χ0v) is 16.8. The van der Waals surface area contributed by atoms with Gasteiger partial charge in [0.15, 0.2) is 0 Å². The average Bonchev–Trinajstić information content (AvgIpc) is 2.84. The molecule has 0 radical (unpaired) electrons. The van der Waals surface area contributed by atoms with Gasteiger partial charge in [0.05, 0.1) is 6.54 Å². The summed E-state index contributed by atoms with van der Waals surface area (Å²) in [6.07, 6.45) is 0. The number of fused-ring (bicyclic) bond motifs is 2. The number of amides is 4. The fraction of sp³-hybridized carbons (Fsp3) is 0.286. The molecule has 7 nitrogen and oxygen atoms in total. The van der Waals surface area contributed by atoms with Gasteiger partial charge >= 0.3 is 6.03 Å². The number of hydrogen-bond acceptors (Lipinski definition) is 4. The standard InChI is InChI=1S/C21H20ClN3O4/c1-21(2)19(27)25(20(28)23-21)12-18(26)24-10-13-6-3-4-8-16(13)29-17-9-5-7-15(22)14(17)11-24/h3-9H,10-12H2,1-2H3,(H,23,28). The molecule has 4 amide bonds. The van der Waals surface area contributed by atoms with Crippen molar-refractivity contribution in [3.63, 3.8) is 0 Å². The molecule has 1 N–H and O–H groups in total. The number of benzene rings is 2. The fourth-order valence-corrected chi connectivity index (χ4v) is 3.69. The number of rotatable bonds is 2. The molecule has 0 unspecified atom stereocenters. The van der Waals surface area contributed by atoms with Crippen LogP contribution in [0.2, 0.25) is 5.02 Å². The Morgan fingerprint density at radius 3 is 2.55 bits per heavy atom. The van der Waals surface area contributed by atoms with Crippen LogP contribution in [-0.4, -0.2) is 39.7 Å². The van der Waals surface area contributed by atoms with Crippen LogP contribution in [-0.2, 0) is 22.7 Å². The van der Waals surface area contributed by atoms with Crippen molar-refractivity contribution in [1.29, 1.82) is 0 Å². The van der Waals surface area contributed by atoms with Gasteiger partial charge in [-0.15, -0.1) is 0 Å². The third-order valence-corrected chi connectivity index (χ3v) is 5.42. The number of carbonyl (C=O) groups is 3. The van der Waals surface area contributed by atoms with Gasteiger partial charge in [-0.05, 0) is 32.0 Å². The third-order valence-electron chi connectivity index (χ3n) is 5.07. The normalized spacial score (nSPS) is 17.6. The van der Waals surface area contributed by atoms with Crippen molar-refractivity contribution >= 4 is 29.4 Å². The minimum Gasteiger partial charge on any atom is -0.457 e. The summed E-state index contributed by atoms with van der Waals surface area (Å²) in [4.78, 5) is 40.3. The van der Waals surface area contributed by atoms with E-state index < -0.39 is 17.5 Å². The predicted molar refractivity (Wildman–Crippen MR) is 107 cm³/mol. The van der Waals surface area contributed by atoms with Crippen LogP contribution in [0.4, 0.5) is 4.79 Å². The van der Waals surface area contributed by atoms with Gasteiger partial charge < -0.3 is 15.0 Å². The first-order valence-electron chi connectivity index (χ1n) is 9.21. The van der Waals surface area contributed by atoms with Crippen LogP contribution in [0.5, 0.6) is 11.5 Å². The summed E-state index contributed by atoms with van der Waals surface area (Å²) >= 11 is 6.37. The maximum absolute atomic E-state index is 13.1. The lowest BCUT2D eigenvalue weighted by Gasteiger charge is -2.29. The molecule has 2 aliphatic rings. The second-order valence-electron chi connectivity index (χ2n) is 7.62. The van der Waals surface area contributed by atoms with E-state index in [1.54, 1.807) is 36.9 Å². The SMILES string of the molecule is CC1(C)NC(=O)N(CC(=O)N2Cc3ccccc3Oc3cccc(Cl)c3C2)C1=O. The van der Waals surface area contributed by atoms with E-state index in [2.05, 4.69) is 5.32 Å². The summed E-state index contributed by atoms with van der Waals surface area (Å²) in [6.45, 7) is 3.35. The summed E-state index contributed by atoms with van der Waals surface area (Å²) < 4.78 is 6.04. The van der Waals surface area contributed by atoms with Crippen molar-refractivity contribution in [2.24, 2.45) is 0 Å². The molecule has 1 fully saturated rings. The lowest BCUT2D eigenvalue weighted by molar-refractivity contribution is -0.139. The second-order valence-corrected chi connectivity index (χ2v) is 8.03. The number of nitrogens with one attached hydrogen (secondary N) is 1. The van der Waals surface area contributed by atoms with Crippen LogP contribution in [0, 0.1) is 0 Å². The maximum Gasteiger partial charge on any atom is 0.325 e. The highest BCUT2D eigenvalue weighted by atomic mass is 35.5. The molecule has 8 heteroatoms. The Labute approximate surface area is 173 Å². The minimum atomic E-state index is -1.02. The molecular weight excluding hydrogens is 394 g/mol. The summed E-state index contributed by atoms with van der Waals surface area (Å²) in [7, 11) is 0. The minimum absolute atomic E-state index is 0.204. The highest BCUT2D eigenvalue weighted by molar-refractivity contribution is 6.31. The second kappa shape index (κ2) is 7.08. The van der Waals surface area contributed by atoms with Crippen molar-refractivity contribution in [2.75, 3.05) is 6.54 Å². The summed E-state index contributed by atoms with van der Waals surface area (Å²) in [5, 5.41) is 3.07. The summed E-state index contributed by atoms with van der Waals surface area (Å²) in [5.41, 5.74) is 0.475. The number of ether oxygens (including phenoxy) is 1. The average molecular weight is 414 g/mol. The van der Waals surface area contributed by atoms with E-state index in [0.29, 0.717) is 22.1 Å². The first kappa shape index (κ1) is 19.3. The third kappa shape index (κ3) is 3.53. The Bertz CT molecular complexity index is 1020. The molecule has 4 rings (SSSR count). The van der Waals surface area contributed by atoms with Gasteiger partial charge in [-0.1, -0.05) is 35.9 Å². The molecule has 2 aromatic rings. The quantitative estimate of drug-likeness (QED) is 0.766. The topological polar surface area (TPSA) is 79.0 Å². The number of imide groups is 1. The number of urea groups is 1. The molecule has 0 bridgehead atoms. The Morgan fingerprint density at radius 2 is 1.83 bits per heavy atom. The molecule has 0 saturated carbocycles. The van der Waals surface area contributed by atoms with Crippen molar-refractivity contribution in [1.82, 2.24) is 15.1 Å². The van der Waals surface area contributed by atoms with Gasteiger partial charge in [-0.2, -0.15) is 0 Å². The molecular formula is C21H20ClN3O4. The van der Waals surface area contributed by atoms with E-state index in [0.717, 1.165) is 10.5 Å². The number of nitrogens with zero attached hydrogens (tertiary/aromatic N) is 2. The first-order chi connectivity index (χ1) is 13.8. The van der Waals surface area contributed by atoms with Gasteiger partial charge in [0.2, 0.25) is 5.91 Å². The van der Waals surface area contributed by atoms with E-state index >= 15 is 0 Å². The lowest BCUT2D eigenvalue weighted by atomic mass is 10.1. The molecule has 0 aliphatic carbocycles. The molecule has 29 heavy (non-hydrogen) atoms. The molecule has 2 aliphatic heterocycles. The largest absolute Gasteiger partial charge is 0.457 e. The Morgan fingerprint density at radius 1 is 1.10 bits per heavy atom. The zero-order chi connectivity index (χ0) is 20.8. The first-order valence-corrected chi connectivity index (χ1v) is 9.59. The van der Waals surface area contributed by atoms with Gasteiger partial charge in [-0.3, -0.25) is 14.5 Å². The van der Waals surface area contributed by atoms with Gasteiger partial charge in [0.1, 0.15) is 23.6 Å². The smallest absolute Gasteiger partial charge is 0.325 e. The molecule has 0 spiro atoms. The molecule has 0 atom stereocenters. The highest BCUT2D eigenvalue weighted by Gasteiger charge is 2.45. The Balaban J connectivity index is 1.66. The van der Waals surface area contributed by atoms with Crippen molar-refractivity contribution < 1.29 is 19.1 Å². The van der Waals surface area contributed by atoms with Crippen LogP contribution < -0.4 is 10.1 Å². The van der Waals surface area contributed by atoms with Gasteiger partial charge in [0, 0.05) is 22.7 Å². The van der Waals surface area contributed by atoms with E-state index in [4.69, 9.17) is 16.3 Å². The molecule has 150 valence electrons. The molecule has 1 saturated heterocycles. The number of hydrogen-bond donors (Lipinski definition) is 1. The van der Waals surface area contributed by atoms with E-state index in [1.165, 1.54) is 0 Å². The Kier molecular flexibility index (Phi) is 4.70. The summed E-state index contributed by atoms with van der Waals surface area (Å²) in [5.74, 6) is 0.419. The Hall–Kier alpha value is -3.06. The summed E-state index contributed by atoms with van der Waals surface area (Å²) in [6, 6.07) is 12.2. The predicted octanol–water partition coefficient (Wildman–Crippen LogP) is 3.30. The number of carbonyl (C=O) groups excluding carboxylic acids is 3. The van der Waals surface area contributed by atoms with Crippen LogP contribution in [0.25, 0.3) is 0 Å². The maximum atomic E-state index is 13.1. The molecule has 2 aromatic carbocycles. The van der Waals surface area contributed by atoms with Gasteiger partial charge in [0.25, 0.3) is 5.91 Å². The van der Waals surface area contributed by atoms with Crippen LogP contribution >= 0.6 is 11.6 Å². The number of halogens is 1.